The fourth-order valence-corrected chi connectivity index (χ4v) is 3.23. The number of nitrogens with one attached hydrogen (secondary N) is 1. The molecule has 0 spiro atoms. The number of ether oxygens (including phenoxy) is 1. The van der Waals surface area contributed by atoms with Crippen LogP contribution in [0.2, 0.25) is 0 Å². The van der Waals surface area contributed by atoms with E-state index in [9.17, 15) is 0 Å². The summed E-state index contributed by atoms with van der Waals surface area (Å²) in [5.74, 6) is 1.70. The van der Waals surface area contributed by atoms with Crippen molar-refractivity contribution in [1.82, 2.24) is 4.98 Å². The quantitative estimate of drug-likeness (QED) is 0.818. The van der Waals surface area contributed by atoms with Crippen molar-refractivity contribution in [2.75, 3.05) is 25.1 Å². The summed E-state index contributed by atoms with van der Waals surface area (Å²) in [5.41, 5.74) is 5.00. The zero-order valence-electron chi connectivity index (χ0n) is 15.3. The molecule has 1 aliphatic rings. The van der Waals surface area contributed by atoms with E-state index in [4.69, 9.17) is 19.6 Å². The van der Waals surface area contributed by atoms with Crippen LogP contribution in [0.4, 0.5) is 5.82 Å². The first-order valence-corrected chi connectivity index (χ1v) is 8.83. The van der Waals surface area contributed by atoms with E-state index in [0.717, 1.165) is 37.5 Å². The van der Waals surface area contributed by atoms with Crippen LogP contribution in [-0.2, 0) is 9.53 Å². The number of aryl methyl sites for hydroxylation is 3. The molecule has 1 atom stereocenters. The largest absolute Gasteiger partial charge is 0.483 e. The average molecular weight is 344 g/mol. The molecule has 0 aliphatic carbocycles. The Morgan fingerprint density at radius 3 is 2.76 bits per heavy atom. The zero-order chi connectivity index (χ0) is 18.2. The second kappa shape index (κ2) is 9.37. The first-order valence-electron chi connectivity index (χ1n) is 8.83. The molecule has 5 nitrogen and oxygen atoms in total. The number of pyridine rings is 1. The second-order valence-electron chi connectivity index (χ2n) is 6.63. The van der Waals surface area contributed by atoms with Gasteiger partial charge in [0.25, 0.3) is 6.47 Å². The van der Waals surface area contributed by atoms with Crippen molar-refractivity contribution in [2.45, 2.75) is 40.0 Å². The SMILES string of the molecule is Cc1ccc2c(C)cc(NCCC3CCCOC3)nc2c1C.O=CO. The van der Waals surface area contributed by atoms with Gasteiger partial charge in [0, 0.05) is 25.1 Å². The van der Waals surface area contributed by atoms with Crippen LogP contribution in [0.5, 0.6) is 0 Å². The van der Waals surface area contributed by atoms with E-state index in [2.05, 4.69) is 44.3 Å². The molecule has 136 valence electrons. The monoisotopic (exact) mass is 344 g/mol. The zero-order valence-corrected chi connectivity index (χ0v) is 15.3. The summed E-state index contributed by atoms with van der Waals surface area (Å²) in [4.78, 5) is 13.2. The number of fused-ring (bicyclic) bond motifs is 1. The molecule has 25 heavy (non-hydrogen) atoms. The summed E-state index contributed by atoms with van der Waals surface area (Å²) >= 11 is 0. The molecule has 0 radical (unpaired) electrons. The van der Waals surface area contributed by atoms with Crippen molar-refractivity contribution in [3.05, 3.63) is 34.9 Å². The summed E-state index contributed by atoms with van der Waals surface area (Å²) in [6.07, 6.45) is 3.66. The van der Waals surface area contributed by atoms with Gasteiger partial charge in [-0.2, -0.15) is 0 Å². The van der Waals surface area contributed by atoms with Gasteiger partial charge in [-0.15, -0.1) is 0 Å². The van der Waals surface area contributed by atoms with Crippen LogP contribution in [0.1, 0.15) is 36.0 Å². The lowest BCUT2D eigenvalue weighted by Gasteiger charge is -2.22. The summed E-state index contributed by atoms with van der Waals surface area (Å²) in [7, 11) is 0. The van der Waals surface area contributed by atoms with Crippen LogP contribution in [0, 0.1) is 26.7 Å². The van der Waals surface area contributed by atoms with Gasteiger partial charge in [-0.05, 0) is 68.7 Å². The standard InChI is InChI=1S/C19H26N2O.CH2O2/c1-13-6-7-17-14(2)11-18(21-19(17)15(13)3)20-9-8-16-5-4-10-22-12-16;2-1-3/h6-7,11,16H,4-5,8-10,12H2,1-3H3,(H,20,21);1H,(H,2,3). The van der Waals surface area contributed by atoms with Crippen molar-refractivity contribution < 1.29 is 14.6 Å². The van der Waals surface area contributed by atoms with Crippen LogP contribution in [0.15, 0.2) is 18.2 Å². The van der Waals surface area contributed by atoms with Gasteiger partial charge in [-0.1, -0.05) is 12.1 Å². The van der Waals surface area contributed by atoms with E-state index in [1.807, 2.05) is 0 Å². The topological polar surface area (TPSA) is 71.5 Å². The van der Waals surface area contributed by atoms with Gasteiger partial charge in [0.1, 0.15) is 5.82 Å². The number of hydrogen-bond acceptors (Lipinski definition) is 4. The molecule has 2 heterocycles. The Kier molecular flexibility index (Phi) is 7.19. The number of anilines is 1. The molecule has 1 aliphatic heterocycles. The van der Waals surface area contributed by atoms with Gasteiger partial charge in [0.2, 0.25) is 0 Å². The molecule has 1 fully saturated rings. The molecular formula is C20H28N2O3. The minimum Gasteiger partial charge on any atom is -0.483 e. The molecule has 0 bridgehead atoms. The fraction of sp³-hybridized carbons (Fsp3) is 0.500. The molecule has 0 amide bonds. The van der Waals surface area contributed by atoms with Gasteiger partial charge >= 0.3 is 0 Å². The number of rotatable bonds is 4. The van der Waals surface area contributed by atoms with E-state index in [1.165, 1.54) is 34.9 Å². The molecule has 2 N–H and O–H groups in total. The third kappa shape index (κ3) is 5.16. The van der Waals surface area contributed by atoms with Gasteiger partial charge < -0.3 is 15.2 Å². The normalized spacial score (nSPS) is 16.8. The van der Waals surface area contributed by atoms with Gasteiger partial charge in [-0.3, -0.25) is 4.79 Å². The van der Waals surface area contributed by atoms with Crippen LogP contribution >= 0.6 is 0 Å². The maximum atomic E-state index is 8.36. The van der Waals surface area contributed by atoms with Crippen molar-refractivity contribution in [2.24, 2.45) is 5.92 Å². The number of benzene rings is 1. The lowest BCUT2D eigenvalue weighted by atomic mass is 9.99. The highest BCUT2D eigenvalue weighted by molar-refractivity contribution is 5.87. The molecule has 3 rings (SSSR count). The van der Waals surface area contributed by atoms with E-state index in [1.54, 1.807) is 0 Å². The molecule has 1 saturated heterocycles. The van der Waals surface area contributed by atoms with E-state index in [0.29, 0.717) is 5.92 Å². The van der Waals surface area contributed by atoms with Crippen molar-refractivity contribution in [1.29, 1.82) is 0 Å². The highest BCUT2D eigenvalue weighted by atomic mass is 16.5. The summed E-state index contributed by atoms with van der Waals surface area (Å²) < 4.78 is 5.55. The lowest BCUT2D eigenvalue weighted by Crippen LogP contribution is -2.20. The van der Waals surface area contributed by atoms with Crippen LogP contribution < -0.4 is 5.32 Å². The van der Waals surface area contributed by atoms with Crippen LogP contribution in [-0.4, -0.2) is 36.3 Å². The molecule has 5 heteroatoms. The predicted molar refractivity (Wildman–Crippen MR) is 101 cm³/mol. The summed E-state index contributed by atoms with van der Waals surface area (Å²) in [6.45, 7) is 9.05. The van der Waals surface area contributed by atoms with Gasteiger partial charge in [0.05, 0.1) is 5.52 Å². The Bertz CT molecular complexity index is 710. The maximum absolute atomic E-state index is 8.36. The highest BCUT2D eigenvalue weighted by Crippen LogP contribution is 2.25. The molecular weight excluding hydrogens is 316 g/mol. The number of carbonyl (C=O) groups is 1. The minimum absolute atomic E-state index is 0.250. The van der Waals surface area contributed by atoms with Crippen LogP contribution in [0.3, 0.4) is 0 Å². The second-order valence-corrected chi connectivity index (χ2v) is 6.63. The minimum atomic E-state index is -0.250. The Hall–Kier alpha value is -2.14. The van der Waals surface area contributed by atoms with Gasteiger partial charge in [-0.25, -0.2) is 4.98 Å². The van der Waals surface area contributed by atoms with E-state index in [-0.39, 0.29) is 6.47 Å². The Morgan fingerprint density at radius 2 is 2.08 bits per heavy atom. The van der Waals surface area contributed by atoms with Gasteiger partial charge in [0.15, 0.2) is 0 Å². The number of hydrogen-bond donors (Lipinski definition) is 2. The van der Waals surface area contributed by atoms with Crippen molar-refractivity contribution in [3.63, 3.8) is 0 Å². The Balaban J connectivity index is 0.000000701. The summed E-state index contributed by atoms with van der Waals surface area (Å²) in [5, 5.41) is 11.7. The molecule has 2 aromatic rings. The first-order chi connectivity index (χ1) is 12.1. The summed E-state index contributed by atoms with van der Waals surface area (Å²) in [6, 6.07) is 6.53. The number of aromatic nitrogens is 1. The average Bonchev–Trinajstić information content (AvgIpc) is 2.60. The van der Waals surface area contributed by atoms with Crippen molar-refractivity contribution >= 4 is 23.2 Å². The third-order valence-corrected chi connectivity index (χ3v) is 4.83. The van der Waals surface area contributed by atoms with Crippen LogP contribution in [0.25, 0.3) is 10.9 Å². The first kappa shape index (κ1) is 19.2. The molecule has 1 aromatic carbocycles. The smallest absolute Gasteiger partial charge is 0.290 e. The molecule has 1 aromatic heterocycles. The Morgan fingerprint density at radius 1 is 1.32 bits per heavy atom. The van der Waals surface area contributed by atoms with E-state index >= 15 is 0 Å². The van der Waals surface area contributed by atoms with Crippen molar-refractivity contribution in [3.8, 4) is 0 Å². The Labute approximate surface area is 149 Å². The molecule has 0 saturated carbocycles. The molecule has 1 unspecified atom stereocenters. The fourth-order valence-electron chi connectivity index (χ4n) is 3.23. The third-order valence-electron chi connectivity index (χ3n) is 4.83. The lowest BCUT2D eigenvalue weighted by molar-refractivity contribution is -0.122. The number of nitrogens with zero attached hydrogens (tertiary/aromatic N) is 1. The number of carboxylic acid groups (broad SMARTS) is 1. The highest BCUT2D eigenvalue weighted by Gasteiger charge is 2.13. The predicted octanol–water partition coefficient (Wildman–Crippen LogP) is 4.09. The maximum Gasteiger partial charge on any atom is 0.290 e. The van der Waals surface area contributed by atoms with E-state index < -0.39 is 0 Å².